The van der Waals surface area contributed by atoms with Crippen LogP contribution in [0.5, 0.6) is 0 Å². The van der Waals surface area contributed by atoms with E-state index in [1.807, 2.05) is 12.1 Å². The van der Waals surface area contributed by atoms with Gasteiger partial charge >= 0.3 is 0 Å². The Bertz CT molecular complexity index is 643. The van der Waals surface area contributed by atoms with Crippen molar-refractivity contribution >= 4 is 5.69 Å². The number of nitriles is 2. The van der Waals surface area contributed by atoms with Crippen molar-refractivity contribution in [2.75, 3.05) is 5.73 Å². The maximum atomic E-state index is 9.13. The van der Waals surface area contributed by atoms with E-state index in [-0.39, 0.29) is 11.3 Å². The molecule has 4 heteroatoms. The number of nitrogens with zero attached hydrogens (tertiary/aromatic N) is 2. The molecule has 0 unspecified atom stereocenters. The zero-order valence-corrected chi connectivity index (χ0v) is 9.19. The highest BCUT2D eigenvalue weighted by Gasteiger charge is 2.16. The summed E-state index contributed by atoms with van der Waals surface area (Å²) in [6.45, 7) is 1.78. The first-order chi connectivity index (χ1) is 8.19. The Balaban J connectivity index is 2.80. The molecule has 1 heterocycles. The van der Waals surface area contributed by atoms with E-state index < -0.39 is 0 Å². The SMILES string of the molecule is Cc1cc(-c2ccco2)c(C#N)c(N)c1C#N. The lowest BCUT2D eigenvalue weighted by Crippen LogP contribution is -1.99. The van der Waals surface area contributed by atoms with E-state index in [0.29, 0.717) is 16.9 Å². The molecule has 2 rings (SSSR count). The molecule has 0 saturated carbocycles. The van der Waals surface area contributed by atoms with Gasteiger partial charge in [-0.1, -0.05) is 0 Å². The van der Waals surface area contributed by atoms with E-state index in [1.54, 1.807) is 25.1 Å². The molecule has 17 heavy (non-hydrogen) atoms. The Morgan fingerprint density at radius 1 is 1.24 bits per heavy atom. The summed E-state index contributed by atoms with van der Waals surface area (Å²) in [4.78, 5) is 0. The normalized spacial score (nSPS) is 9.59. The summed E-state index contributed by atoms with van der Waals surface area (Å²) in [5.41, 5.74) is 8.01. The first-order valence-corrected chi connectivity index (χ1v) is 4.96. The van der Waals surface area contributed by atoms with Crippen LogP contribution in [0.1, 0.15) is 16.7 Å². The second-order valence-electron chi connectivity index (χ2n) is 3.61. The molecule has 4 nitrogen and oxygen atoms in total. The van der Waals surface area contributed by atoms with Gasteiger partial charge in [-0.2, -0.15) is 10.5 Å². The van der Waals surface area contributed by atoms with Gasteiger partial charge in [-0.3, -0.25) is 0 Å². The van der Waals surface area contributed by atoms with Gasteiger partial charge in [0.2, 0.25) is 0 Å². The Hall–Kier alpha value is -2.72. The smallest absolute Gasteiger partial charge is 0.135 e. The first-order valence-electron chi connectivity index (χ1n) is 4.96. The zero-order valence-electron chi connectivity index (χ0n) is 9.19. The fraction of sp³-hybridized carbons (Fsp3) is 0.0769. The lowest BCUT2D eigenvalue weighted by molar-refractivity contribution is 0.582. The highest BCUT2D eigenvalue weighted by Crippen LogP contribution is 2.32. The van der Waals surface area contributed by atoms with Gasteiger partial charge in [-0.05, 0) is 30.7 Å². The van der Waals surface area contributed by atoms with Gasteiger partial charge in [-0.15, -0.1) is 0 Å². The Morgan fingerprint density at radius 3 is 2.47 bits per heavy atom. The molecule has 0 saturated heterocycles. The molecule has 0 aliphatic carbocycles. The third-order valence-electron chi connectivity index (χ3n) is 2.57. The average molecular weight is 223 g/mol. The van der Waals surface area contributed by atoms with Crippen molar-refractivity contribution < 1.29 is 4.42 Å². The lowest BCUT2D eigenvalue weighted by Gasteiger charge is -2.08. The van der Waals surface area contributed by atoms with Crippen LogP contribution in [-0.2, 0) is 0 Å². The molecule has 0 bridgehead atoms. The van der Waals surface area contributed by atoms with E-state index in [4.69, 9.17) is 20.7 Å². The zero-order chi connectivity index (χ0) is 12.4. The minimum Gasteiger partial charge on any atom is -0.464 e. The lowest BCUT2D eigenvalue weighted by atomic mass is 9.96. The Labute approximate surface area is 98.5 Å². The Kier molecular flexibility index (Phi) is 2.56. The van der Waals surface area contributed by atoms with Crippen molar-refractivity contribution in [2.24, 2.45) is 0 Å². The van der Waals surface area contributed by atoms with Crippen LogP contribution in [0, 0.1) is 29.6 Å². The highest BCUT2D eigenvalue weighted by molar-refractivity contribution is 5.79. The van der Waals surface area contributed by atoms with Gasteiger partial charge in [0.15, 0.2) is 0 Å². The summed E-state index contributed by atoms with van der Waals surface area (Å²) in [5, 5.41) is 18.1. The van der Waals surface area contributed by atoms with Gasteiger partial charge < -0.3 is 10.2 Å². The molecule has 0 radical (unpaired) electrons. The number of anilines is 1. The molecule has 0 spiro atoms. The van der Waals surface area contributed by atoms with E-state index in [1.165, 1.54) is 6.26 Å². The molecule has 0 atom stereocenters. The van der Waals surface area contributed by atoms with Gasteiger partial charge in [0, 0.05) is 5.56 Å². The standard InChI is InChI=1S/C13H9N3O/c1-8-5-9(12-3-2-4-17-12)11(7-15)13(16)10(8)6-14/h2-5H,16H2,1H3. The van der Waals surface area contributed by atoms with E-state index in [2.05, 4.69) is 0 Å². The van der Waals surface area contributed by atoms with Crippen LogP contribution in [0.2, 0.25) is 0 Å². The number of nitrogen functional groups attached to an aromatic ring is 1. The number of hydrogen-bond acceptors (Lipinski definition) is 4. The highest BCUT2D eigenvalue weighted by atomic mass is 16.3. The third kappa shape index (κ3) is 1.62. The number of aryl methyl sites for hydroxylation is 1. The molecule has 0 amide bonds. The van der Waals surface area contributed by atoms with Crippen LogP contribution in [0.3, 0.4) is 0 Å². The first kappa shape index (κ1) is 10.8. The molecule has 0 fully saturated rings. The second kappa shape index (κ2) is 4.03. The van der Waals surface area contributed by atoms with Crippen molar-refractivity contribution in [3.8, 4) is 23.5 Å². The summed E-state index contributed by atoms with van der Waals surface area (Å²) < 4.78 is 5.26. The van der Waals surface area contributed by atoms with Crippen LogP contribution < -0.4 is 5.73 Å². The topological polar surface area (TPSA) is 86.7 Å². The quantitative estimate of drug-likeness (QED) is 0.752. The van der Waals surface area contributed by atoms with Crippen LogP contribution in [0.4, 0.5) is 5.69 Å². The molecule has 1 aromatic heterocycles. The third-order valence-corrected chi connectivity index (χ3v) is 2.57. The summed E-state index contributed by atoms with van der Waals surface area (Å²) in [5.74, 6) is 0.570. The van der Waals surface area contributed by atoms with Crippen LogP contribution in [-0.4, -0.2) is 0 Å². The summed E-state index contributed by atoms with van der Waals surface area (Å²) in [7, 11) is 0. The maximum Gasteiger partial charge on any atom is 0.135 e. The fourth-order valence-corrected chi connectivity index (χ4v) is 1.74. The van der Waals surface area contributed by atoms with Gasteiger partial charge in [0.05, 0.1) is 23.1 Å². The fourth-order valence-electron chi connectivity index (χ4n) is 1.74. The van der Waals surface area contributed by atoms with E-state index >= 15 is 0 Å². The number of benzene rings is 1. The predicted molar refractivity (Wildman–Crippen MR) is 62.7 cm³/mol. The average Bonchev–Trinajstić information content (AvgIpc) is 2.82. The minimum absolute atomic E-state index is 0.210. The predicted octanol–water partition coefficient (Wildman–Crippen LogP) is 2.58. The molecular weight excluding hydrogens is 214 g/mol. The van der Waals surface area contributed by atoms with E-state index in [0.717, 1.165) is 5.56 Å². The molecule has 0 aliphatic heterocycles. The molecule has 2 aromatic rings. The summed E-state index contributed by atoms with van der Waals surface area (Å²) in [6, 6.07) is 9.25. The largest absolute Gasteiger partial charge is 0.464 e. The van der Waals surface area contributed by atoms with Gasteiger partial charge in [0.1, 0.15) is 17.9 Å². The van der Waals surface area contributed by atoms with E-state index in [9.17, 15) is 0 Å². The van der Waals surface area contributed by atoms with Crippen molar-refractivity contribution in [3.05, 3.63) is 41.2 Å². The van der Waals surface area contributed by atoms with Crippen LogP contribution in [0.15, 0.2) is 28.9 Å². The second-order valence-corrected chi connectivity index (χ2v) is 3.61. The number of rotatable bonds is 1. The number of hydrogen-bond donors (Lipinski definition) is 1. The number of nitrogens with two attached hydrogens (primary N) is 1. The Morgan fingerprint density at radius 2 is 1.94 bits per heavy atom. The summed E-state index contributed by atoms with van der Waals surface area (Å²) in [6.07, 6.45) is 1.53. The van der Waals surface area contributed by atoms with Crippen molar-refractivity contribution in [2.45, 2.75) is 6.92 Å². The van der Waals surface area contributed by atoms with Crippen LogP contribution in [0.25, 0.3) is 11.3 Å². The van der Waals surface area contributed by atoms with Crippen LogP contribution >= 0.6 is 0 Å². The monoisotopic (exact) mass is 223 g/mol. The molecule has 0 aliphatic rings. The van der Waals surface area contributed by atoms with Crippen molar-refractivity contribution in [1.29, 1.82) is 10.5 Å². The van der Waals surface area contributed by atoms with Gasteiger partial charge in [-0.25, -0.2) is 0 Å². The van der Waals surface area contributed by atoms with Gasteiger partial charge in [0.25, 0.3) is 0 Å². The number of furan rings is 1. The molecular formula is C13H9N3O. The molecule has 82 valence electrons. The maximum absolute atomic E-state index is 9.13. The molecule has 2 N–H and O–H groups in total. The minimum atomic E-state index is 0.210. The van der Waals surface area contributed by atoms with Crippen molar-refractivity contribution in [3.63, 3.8) is 0 Å². The summed E-state index contributed by atoms with van der Waals surface area (Å²) >= 11 is 0. The molecule has 1 aromatic carbocycles. The van der Waals surface area contributed by atoms with Crippen molar-refractivity contribution in [1.82, 2.24) is 0 Å².